The van der Waals surface area contributed by atoms with Crippen LogP contribution in [0.3, 0.4) is 0 Å². The van der Waals surface area contributed by atoms with E-state index in [2.05, 4.69) is 20.7 Å². The van der Waals surface area contributed by atoms with Crippen LogP contribution in [0.1, 0.15) is 41.0 Å². The summed E-state index contributed by atoms with van der Waals surface area (Å²) < 4.78 is 9.87. The number of amides is 5. The molecule has 11 nitrogen and oxygen atoms in total. The number of carbonyl (C=O) groups is 5. The summed E-state index contributed by atoms with van der Waals surface area (Å²) in [6, 6.07) is -2.84. The molecule has 1 aliphatic rings. The first kappa shape index (κ1) is 24.2. The van der Waals surface area contributed by atoms with Crippen LogP contribution >= 0.6 is 0 Å². The molecule has 0 radical (unpaired) electrons. The smallest absolute Gasteiger partial charge is 0.408 e. The van der Waals surface area contributed by atoms with Gasteiger partial charge in [-0.2, -0.15) is 0 Å². The Hall–Kier alpha value is -2.85. The molecule has 0 aromatic heterocycles. The minimum Gasteiger partial charge on any atom is -0.467 e. The third-order valence-corrected chi connectivity index (χ3v) is 3.79. The van der Waals surface area contributed by atoms with Crippen molar-refractivity contribution in [3.63, 3.8) is 0 Å². The van der Waals surface area contributed by atoms with Gasteiger partial charge < -0.3 is 25.0 Å². The molecule has 164 valence electrons. The van der Waals surface area contributed by atoms with Gasteiger partial charge in [0.15, 0.2) is 0 Å². The Labute approximate surface area is 169 Å². The van der Waals surface area contributed by atoms with Crippen molar-refractivity contribution < 1.29 is 33.4 Å². The van der Waals surface area contributed by atoms with Gasteiger partial charge in [-0.3, -0.25) is 14.9 Å². The molecule has 1 rings (SSSR count). The van der Waals surface area contributed by atoms with Crippen LogP contribution in [0, 0.1) is 5.92 Å². The maximum atomic E-state index is 12.8. The number of methoxy groups -OCH3 is 1. The first-order valence-corrected chi connectivity index (χ1v) is 9.29. The average molecular weight is 414 g/mol. The van der Waals surface area contributed by atoms with E-state index in [1.54, 1.807) is 20.8 Å². The fourth-order valence-corrected chi connectivity index (χ4v) is 2.60. The van der Waals surface area contributed by atoms with Crippen molar-refractivity contribution >= 4 is 29.9 Å². The number of ether oxygens (including phenoxy) is 2. The SMILES string of the molecule is COC(=O)C(CN1CC(=O)NC1=O)NC(=O)C(CC(C)C)NC(=O)OC(C)(C)C. The van der Waals surface area contributed by atoms with Gasteiger partial charge in [0, 0.05) is 0 Å². The number of hydrogen-bond acceptors (Lipinski definition) is 7. The van der Waals surface area contributed by atoms with Gasteiger partial charge in [0.05, 0.1) is 13.7 Å². The first-order chi connectivity index (χ1) is 13.3. The van der Waals surface area contributed by atoms with Gasteiger partial charge in [0.25, 0.3) is 0 Å². The van der Waals surface area contributed by atoms with E-state index in [1.807, 2.05) is 13.8 Å². The van der Waals surface area contributed by atoms with E-state index in [1.165, 1.54) is 0 Å². The second-order valence-corrected chi connectivity index (χ2v) is 8.15. The van der Waals surface area contributed by atoms with Crippen LogP contribution in [0.2, 0.25) is 0 Å². The number of carbonyl (C=O) groups excluding carboxylic acids is 5. The molecule has 0 bridgehead atoms. The third-order valence-electron chi connectivity index (χ3n) is 3.79. The van der Waals surface area contributed by atoms with E-state index in [0.717, 1.165) is 12.0 Å². The highest BCUT2D eigenvalue weighted by molar-refractivity contribution is 6.02. The van der Waals surface area contributed by atoms with Gasteiger partial charge in [0.2, 0.25) is 11.8 Å². The number of imide groups is 1. The Kier molecular flexibility index (Phi) is 8.41. The lowest BCUT2D eigenvalue weighted by Gasteiger charge is -2.26. The first-order valence-electron chi connectivity index (χ1n) is 9.29. The molecule has 1 saturated heterocycles. The second-order valence-electron chi connectivity index (χ2n) is 8.15. The van der Waals surface area contributed by atoms with E-state index < -0.39 is 47.6 Å². The van der Waals surface area contributed by atoms with Crippen LogP contribution in [0.25, 0.3) is 0 Å². The summed E-state index contributed by atoms with van der Waals surface area (Å²) in [5.41, 5.74) is -0.743. The Bertz CT molecular complexity index is 657. The lowest BCUT2D eigenvalue weighted by atomic mass is 10.0. The number of hydrogen-bond donors (Lipinski definition) is 3. The van der Waals surface area contributed by atoms with Crippen LogP contribution in [-0.2, 0) is 23.9 Å². The van der Waals surface area contributed by atoms with Crippen molar-refractivity contribution in [2.24, 2.45) is 5.92 Å². The monoisotopic (exact) mass is 414 g/mol. The van der Waals surface area contributed by atoms with E-state index in [9.17, 15) is 24.0 Å². The molecule has 0 aromatic carbocycles. The lowest BCUT2D eigenvalue weighted by molar-refractivity contribution is -0.145. The normalized spacial score (nSPS) is 16.2. The van der Waals surface area contributed by atoms with Crippen LogP contribution in [0.5, 0.6) is 0 Å². The van der Waals surface area contributed by atoms with E-state index in [4.69, 9.17) is 4.74 Å². The fourth-order valence-electron chi connectivity index (χ4n) is 2.60. The Morgan fingerprint density at radius 2 is 1.76 bits per heavy atom. The van der Waals surface area contributed by atoms with Gasteiger partial charge in [-0.15, -0.1) is 0 Å². The lowest BCUT2D eigenvalue weighted by Crippen LogP contribution is -2.56. The molecule has 1 aliphatic heterocycles. The van der Waals surface area contributed by atoms with Gasteiger partial charge in [-0.25, -0.2) is 14.4 Å². The minimum atomic E-state index is -1.21. The fraction of sp³-hybridized carbons (Fsp3) is 0.722. The summed E-state index contributed by atoms with van der Waals surface area (Å²) in [6.45, 7) is 8.34. The van der Waals surface area contributed by atoms with Gasteiger partial charge in [-0.05, 0) is 33.1 Å². The molecule has 0 saturated carbocycles. The topological polar surface area (TPSA) is 143 Å². The zero-order valence-corrected chi connectivity index (χ0v) is 17.7. The molecule has 0 spiro atoms. The number of nitrogens with zero attached hydrogens (tertiary/aromatic N) is 1. The zero-order valence-electron chi connectivity index (χ0n) is 17.7. The highest BCUT2D eigenvalue weighted by atomic mass is 16.6. The molecule has 5 amide bonds. The molecular weight excluding hydrogens is 384 g/mol. The van der Waals surface area contributed by atoms with Crippen molar-refractivity contribution in [2.45, 2.75) is 58.7 Å². The maximum absolute atomic E-state index is 12.8. The molecule has 0 aliphatic carbocycles. The van der Waals surface area contributed by atoms with Crippen LogP contribution in [-0.4, -0.2) is 72.7 Å². The molecule has 1 heterocycles. The standard InChI is InChI=1S/C18H30N4O7/c1-10(2)7-11(20-17(27)29-18(3,4)5)14(24)19-12(15(25)28-6)8-22-9-13(23)21-16(22)26/h10-12H,7-9H2,1-6H3,(H,19,24)(H,20,27)(H,21,23,26). The highest BCUT2D eigenvalue weighted by Gasteiger charge is 2.34. The predicted octanol–water partition coefficient (Wildman–Crippen LogP) is 0.135. The van der Waals surface area contributed by atoms with Gasteiger partial charge in [0.1, 0.15) is 24.2 Å². The molecule has 2 unspecified atom stereocenters. The highest BCUT2D eigenvalue weighted by Crippen LogP contribution is 2.10. The molecular formula is C18H30N4O7. The summed E-state index contributed by atoms with van der Waals surface area (Å²) >= 11 is 0. The summed E-state index contributed by atoms with van der Waals surface area (Å²) in [5, 5.41) is 7.08. The third kappa shape index (κ3) is 8.36. The largest absolute Gasteiger partial charge is 0.467 e. The van der Waals surface area contributed by atoms with Crippen molar-refractivity contribution in [3.05, 3.63) is 0 Å². The Morgan fingerprint density at radius 1 is 1.14 bits per heavy atom. The molecule has 0 aromatic rings. The predicted molar refractivity (Wildman–Crippen MR) is 102 cm³/mol. The van der Waals surface area contributed by atoms with Gasteiger partial charge in [-0.1, -0.05) is 13.8 Å². The molecule has 2 atom stereocenters. The number of alkyl carbamates (subject to hydrolysis) is 1. The quantitative estimate of drug-likeness (QED) is 0.378. The zero-order chi connectivity index (χ0) is 22.4. The summed E-state index contributed by atoms with van der Waals surface area (Å²) in [5.74, 6) is -1.87. The number of urea groups is 1. The van der Waals surface area contributed by atoms with Crippen LogP contribution in [0.15, 0.2) is 0 Å². The Morgan fingerprint density at radius 3 is 2.21 bits per heavy atom. The maximum Gasteiger partial charge on any atom is 0.408 e. The summed E-state index contributed by atoms with van der Waals surface area (Å²) in [7, 11) is 1.14. The van der Waals surface area contributed by atoms with Crippen molar-refractivity contribution in [1.82, 2.24) is 20.9 Å². The van der Waals surface area contributed by atoms with Gasteiger partial charge >= 0.3 is 18.1 Å². The van der Waals surface area contributed by atoms with Crippen molar-refractivity contribution in [1.29, 1.82) is 0 Å². The minimum absolute atomic E-state index is 0.0549. The molecule has 11 heteroatoms. The van der Waals surface area contributed by atoms with Crippen molar-refractivity contribution in [2.75, 3.05) is 20.2 Å². The summed E-state index contributed by atoms with van der Waals surface area (Å²) in [6.07, 6.45) is -0.473. The van der Waals surface area contributed by atoms with Crippen LogP contribution < -0.4 is 16.0 Å². The molecule has 29 heavy (non-hydrogen) atoms. The van der Waals surface area contributed by atoms with E-state index in [0.29, 0.717) is 6.42 Å². The number of nitrogens with one attached hydrogen (secondary N) is 3. The summed E-state index contributed by atoms with van der Waals surface area (Å²) in [4.78, 5) is 61.1. The van der Waals surface area contributed by atoms with E-state index in [-0.39, 0.29) is 19.0 Å². The van der Waals surface area contributed by atoms with Crippen molar-refractivity contribution in [3.8, 4) is 0 Å². The second kappa shape index (κ2) is 10.1. The van der Waals surface area contributed by atoms with Crippen LogP contribution in [0.4, 0.5) is 9.59 Å². The number of rotatable bonds is 8. The Balaban J connectivity index is 2.87. The average Bonchev–Trinajstić information content (AvgIpc) is 2.87. The molecule has 1 fully saturated rings. The molecule has 3 N–H and O–H groups in total. The number of esters is 1. The van der Waals surface area contributed by atoms with E-state index >= 15 is 0 Å².